The maximum Gasteiger partial charge on any atom is 0.331 e. The molecule has 0 aliphatic carbocycles. The van der Waals surface area contributed by atoms with Gasteiger partial charge in [0.25, 0.3) is 5.91 Å². The van der Waals surface area contributed by atoms with Crippen LogP contribution in [0.1, 0.15) is 12.5 Å². The number of amides is 1. The maximum absolute atomic E-state index is 12.3. The van der Waals surface area contributed by atoms with E-state index in [0.717, 1.165) is 5.69 Å². The van der Waals surface area contributed by atoms with Gasteiger partial charge in [0.2, 0.25) is 0 Å². The molecule has 1 unspecified atom stereocenters. The van der Waals surface area contributed by atoms with Crippen LogP contribution in [0.4, 0.5) is 11.4 Å². The van der Waals surface area contributed by atoms with E-state index in [-0.39, 0.29) is 0 Å². The molecule has 0 aromatic heterocycles. The van der Waals surface area contributed by atoms with E-state index in [9.17, 15) is 9.59 Å². The van der Waals surface area contributed by atoms with Crippen LogP contribution in [0.5, 0.6) is 11.5 Å². The number of ether oxygens (including phenoxy) is 3. The molecule has 2 aromatic carbocycles. The van der Waals surface area contributed by atoms with Gasteiger partial charge in [0.1, 0.15) is 11.5 Å². The lowest BCUT2D eigenvalue weighted by atomic mass is 10.1. The molecule has 2 aromatic rings. The second kappa shape index (κ2) is 10.2. The Morgan fingerprint density at radius 3 is 2.31 bits per heavy atom. The Morgan fingerprint density at radius 1 is 1.03 bits per heavy atom. The summed E-state index contributed by atoms with van der Waals surface area (Å²) in [7, 11) is 6.96. The quantitative estimate of drug-likeness (QED) is 0.543. The average molecular weight is 398 g/mol. The number of nitrogens with zero attached hydrogens (tertiary/aromatic N) is 1. The van der Waals surface area contributed by atoms with Crippen molar-refractivity contribution in [1.82, 2.24) is 0 Å². The fourth-order valence-electron chi connectivity index (χ4n) is 2.47. The van der Waals surface area contributed by atoms with Crippen LogP contribution < -0.4 is 19.7 Å². The van der Waals surface area contributed by atoms with Crippen molar-refractivity contribution < 1.29 is 23.8 Å². The second-order valence-electron chi connectivity index (χ2n) is 6.45. The lowest BCUT2D eigenvalue weighted by molar-refractivity contribution is -0.148. The van der Waals surface area contributed by atoms with Gasteiger partial charge in [0, 0.05) is 43.2 Å². The zero-order valence-electron chi connectivity index (χ0n) is 17.3. The third-order valence-electron chi connectivity index (χ3n) is 4.15. The molecule has 154 valence electrons. The summed E-state index contributed by atoms with van der Waals surface area (Å²) in [6, 6.07) is 12.6. The van der Waals surface area contributed by atoms with Gasteiger partial charge in [0.15, 0.2) is 6.10 Å². The number of carbonyl (C=O) groups is 2. The van der Waals surface area contributed by atoms with E-state index in [4.69, 9.17) is 14.2 Å². The standard InChI is InChI=1S/C22H26N2O5/c1-15(22(26)23-17-8-10-18(11-9-17)24(2)3)29-21(25)13-7-16-6-12-19(27-4)14-20(16)28-5/h6-15H,1-5H3,(H,23,26)/b13-7+. The van der Waals surface area contributed by atoms with Gasteiger partial charge in [-0.25, -0.2) is 4.79 Å². The molecule has 0 heterocycles. The highest BCUT2D eigenvalue weighted by atomic mass is 16.5. The molecular weight excluding hydrogens is 372 g/mol. The number of esters is 1. The smallest absolute Gasteiger partial charge is 0.331 e. The lowest BCUT2D eigenvalue weighted by Crippen LogP contribution is -2.29. The molecule has 0 aliphatic heterocycles. The van der Waals surface area contributed by atoms with Crippen LogP contribution >= 0.6 is 0 Å². The predicted molar refractivity (Wildman–Crippen MR) is 114 cm³/mol. The third-order valence-corrected chi connectivity index (χ3v) is 4.15. The van der Waals surface area contributed by atoms with E-state index in [2.05, 4.69) is 5.32 Å². The van der Waals surface area contributed by atoms with Crippen LogP contribution in [0.25, 0.3) is 6.08 Å². The third kappa shape index (κ3) is 6.27. The first kappa shape index (κ1) is 21.8. The highest BCUT2D eigenvalue weighted by molar-refractivity contribution is 5.96. The van der Waals surface area contributed by atoms with Crippen LogP contribution in [-0.2, 0) is 14.3 Å². The van der Waals surface area contributed by atoms with Gasteiger partial charge in [-0.3, -0.25) is 4.79 Å². The van der Waals surface area contributed by atoms with E-state index >= 15 is 0 Å². The highest BCUT2D eigenvalue weighted by Crippen LogP contribution is 2.25. The van der Waals surface area contributed by atoms with Gasteiger partial charge in [-0.1, -0.05) is 0 Å². The predicted octanol–water partition coefficient (Wildman–Crippen LogP) is 3.35. The van der Waals surface area contributed by atoms with Gasteiger partial charge >= 0.3 is 5.97 Å². The van der Waals surface area contributed by atoms with E-state index < -0.39 is 18.0 Å². The Balaban J connectivity index is 1.94. The summed E-state index contributed by atoms with van der Waals surface area (Å²) in [5.41, 5.74) is 2.33. The fraction of sp³-hybridized carbons (Fsp3) is 0.273. The number of hydrogen-bond donors (Lipinski definition) is 1. The van der Waals surface area contributed by atoms with Gasteiger partial charge in [-0.05, 0) is 49.4 Å². The number of nitrogens with one attached hydrogen (secondary N) is 1. The summed E-state index contributed by atoms with van der Waals surface area (Å²) in [5, 5.41) is 2.73. The van der Waals surface area contributed by atoms with E-state index in [1.165, 1.54) is 20.1 Å². The average Bonchev–Trinajstić information content (AvgIpc) is 2.72. The molecule has 0 radical (unpaired) electrons. The molecule has 7 heteroatoms. The molecule has 29 heavy (non-hydrogen) atoms. The summed E-state index contributed by atoms with van der Waals surface area (Å²) in [4.78, 5) is 26.3. The number of rotatable bonds is 8. The summed E-state index contributed by atoms with van der Waals surface area (Å²) >= 11 is 0. The largest absolute Gasteiger partial charge is 0.497 e. The first-order chi connectivity index (χ1) is 13.8. The summed E-state index contributed by atoms with van der Waals surface area (Å²) in [5.74, 6) is 0.158. The molecule has 0 saturated carbocycles. The molecule has 2 rings (SSSR count). The molecule has 1 amide bonds. The molecule has 0 bridgehead atoms. The van der Waals surface area contributed by atoms with Crippen molar-refractivity contribution in [2.24, 2.45) is 0 Å². The number of methoxy groups -OCH3 is 2. The van der Waals surface area contributed by atoms with Gasteiger partial charge in [-0.15, -0.1) is 0 Å². The Hall–Kier alpha value is -3.48. The summed E-state index contributed by atoms with van der Waals surface area (Å²) in [6.45, 7) is 1.52. The van der Waals surface area contributed by atoms with Crippen molar-refractivity contribution in [3.8, 4) is 11.5 Å². The van der Waals surface area contributed by atoms with Gasteiger partial charge < -0.3 is 24.4 Å². The molecule has 0 saturated heterocycles. The molecular formula is C22H26N2O5. The number of benzene rings is 2. The zero-order valence-corrected chi connectivity index (χ0v) is 17.3. The number of anilines is 2. The van der Waals surface area contributed by atoms with E-state index in [1.54, 1.807) is 43.5 Å². The van der Waals surface area contributed by atoms with Crippen LogP contribution in [-0.4, -0.2) is 46.3 Å². The molecule has 0 fully saturated rings. The minimum atomic E-state index is -0.946. The fourth-order valence-corrected chi connectivity index (χ4v) is 2.47. The normalized spacial score (nSPS) is 11.6. The maximum atomic E-state index is 12.3. The Bertz CT molecular complexity index is 875. The number of carbonyl (C=O) groups excluding carboxylic acids is 2. The Morgan fingerprint density at radius 2 is 1.72 bits per heavy atom. The van der Waals surface area contributed by atoms with Crippen molar-refractivity contribution >= 4 is 29.3 Å². The molecule has 7 nitrogen and oxygen atoms in total. The van der Waals surface area contributed by atoms with Crippen molar-refractivity contribution in [3.05, 3.63) is 54.1 Å². The molecule has 0 spiro atoms. The van der Waals surface area contributed by atoms with E-state index in [0.29, 0.717) is 22.7 Å². The molecule has 0 aliphatic rings. The lowest BCUT2D eigenvalue weighted by Gasteiger charge is -2.15. The number of hydrogen-bond acceptors (Lipinski definition) is 6. The van der Waals surface area contributed by atoms with Gasteiger partial charge in [0.05, 0.1) is 14.2 Å². The Kier molecular flexibility index (Phi) is 7.65. The van der Waals surface area contributed by atoms with Crippen LogP contribution in [0.2, 0.25) is 0 Å². The molecule has 1 atom stereocenters. The Labute approximate surface area is 170 Å². The van der Waals surface area contributed by atoms with Crippen molar-refractivity contribution in [2.75, 3.05) is 38.5 Å². The van der Waals surface area contributed by atoms with E-state index in [1.807, 2.05) is 31.1 Å². The SMILES string of the molecule is COc1ccc(/C=C/C(=O)OC(C)C(=O)Nc2ccc(N(C)C)cc2)c(OC)c1. The zero-order chi connectivity index (χ0) is 21.4. The topological polar surface area (TPSA) is 77.1 Å². The monoisotopic (exact) mass is 398 g/mol. The van der Waals surface area contributed by atoms with Crippen LogP contribution in [0, 0.1) is 0 Å². The summed E-state index contributed by atoms with van der Waals surface area (Å²) < 4.78 is 15.6. The first-order valence-corrected chi connectivity index (χ1v) is 9.03. The van der Waals surface area contributed by atoms with Crippen molar-refractivity contribution in [3.63, 3.8) is 0 Å². The summed E-state index contributed by atoms with van der Waals surface area (Å²) in [6.07, 6.45) is 1.86. The molecule has 1 N–H and O–H groups in total. The minimum Gasteiger partial charge on any atom is -0.497 e. The van der Waals surface area contributed by atoms with Crippen LogP contribution in [0.3, 0.4) is 0 Å². The van der Waals surface area contributed by atoms with Gasteiger partial charge in [-0.2, -0.15) is 0 Å². The van der Waals surface area contributed by atoms with Crippen molar-refractivity contribution in [2.45, 2.75) is 13.0 Å². The first-order valence-electron chi connectivity index (χ1n) is 9.03. The second-order valence-corrected chi connectivity index (χ2v) is 6.45. The minimum absolute atomic E-state index is 0.411. The van der Waals surface area contributed by atoms with Crippen molar-refractivity contribution in [1.29, 1.82) is 0 Å². The highest BCUT2D eigenvalue weighted by Gasteiger charge is 2.17. The van der Waals surface area contributed by atoms with Crippen LogP contribution in [0.15, 0.2) is 48.5 Å².